The molecule has 0 aromatic heterocycles. The van der Waals surface area contributed by atoms with Gasteiger partial charge in [-0.05, 0) is 83.5 Å². The number of nitrogens with one attached hydrogen (secondary N) is 1. The summed E-state index contributed by atoms with van der Waals surface area (Å²) in [7, 11) is 0. The molecule has 416 valence electrons. The monoisotopic (exact) mass is 1000 g/mol. The quantitative estimate of drug-likeness (QED) is 0.0420. The molecule has 0 aromatic rings. The third-order valence-corrected chi connectivity index (χ3v) is 14.1. The number of amides is 1. The maximum atomic E-state index is 12.5. The lowest BCUT2D eigenvalue weighted by molar-refractivity contribution is -0.123. The van der Waals surface area contributed by atoms with Gasteiger partial charge in [-0.25, -0.2) is 0 Å². The number of rotatable bonds is 57. The van der Waals surface area contributed by atoms with Gasteiger partial charge in [-0.3, -0.25) is 4.79 Å². The molecular formula is C68H121NO3. The first-order valence-electron chi connectivity index (χ1n) is 31.5. The molecule has 0 bridgehead atoms. The molecular weight excluding hydrogens is 879 g/mol. The summed E-state index contributed by atoms with van der Waals surface area (Å²) >= 11 is 0. The van der Waals surface area contributed by atoms with Gasteiger partial charge in [-0.15, -0.1) is 0 Å². The highest BCUT2D eigenvalue weighted by Gasteiger charge is 2.18. The van der Waals surface area contributed by atoms with Gasteiger partial charge in [0.15, 0.2) is 0 Å². The summed E-state index contributed by atoms with van der Waals surface area (Å²) in [5, 5.41) is 23.2. The molecule has 0 aliphatic carbocycles. The van der Waals surface area contributed by atoms with Gasteiger partial charge >= 0.3 is 0 Å². The maximum Gasteiger partial charge on any atom is 0.220 e. The van der Waals surface area contributed by atoms with Crippen LogP contribution < -0.4 is 5.32 Å². The lowest BCUT2D eigenvalue weighted by Crippen LogP contribution is -2.45. The number of hydrogen-bond acceptors (Lipinski definition) is 3. The van der Waals surface area contributed by atoms with Gasteiger partial charge in [0, 0.05) is 6.42 Å². The Morgan fingerprint density at radius 2 is 0.625 bits per heavy atom. The summed E-state index contributed by atoms with van der Waals surface area (Å²) in [5.41, 5.74) is 0. The number of carbonyl (C=O) groups excluding carboxylic acids is 1. The minimum absolute atomic E-state index is 0.0745. The highest BCUT2D eigenvalue weighted by Crippen LogP contribution is 2.17. The molecule has 0 radical (unpaired) electrons. The van der Waals surface area contributed by atoms with Crippen molar-refractivity contribution in [2.45, 2.75) is 321 Å². The van der Waals surface area contributed by atoms with Crippen LogP contribution in [0.5, 0.6) is 0 Å². The molecule has 72 heavy (non-hydrogen) atoms. The fourth-order valence-corrected chi connectivity index (χ4v) is 9.32. The van der Waals surface area contributed by atoms with E-state index in [9.17, 15) is 15.0 Å². The summed E-state index contributed by atoms with van der Waals surface area (Å²) < 4.78 is 0. The second-order valence-electron chi connectivity index (χ2n) is 21.1. The second kappa shape index (κ2) is 62.6. The smallest absolute Gasteiger partial charge is 0.220 e. The average Bonchev–Trinajstić information content (AvgIpc) is 3.39. The molecule has 0 fully saturated rings. The number of aliphatic hydroxyl groups excluding tert-OH is 2. The second-order valence-corrected chi connectivity index (χ2v) is 21.1. The van der Waals surface area contributed by atoms with E-state index in [1.54, 1.807) is 6.08 Å². The summed E-state index contributed by atoms with van der Waals surface area (Å²) in [6.07, 6.45) is 93.1. The highest BCUT2D eigenvalue weighted by molar-refractivity contribution is 5.76. The maximum absolute atomic E-state index is 12.5. The lowest BCUT2D eigenvalue weighted by atomic mass is 10.0. The van der Waals surface area contributed by atoms with E-state index >= 15 is 0 Å². The molecule has 3 N–H and O–H groups in total. The van der Waals surface area contributed by atoms with Gasteiger partial charge in [-0.1, -0.05) is 317 Å². The van der Waals surface area contributed by atoms with Crippen molar-refractivity contribution in [2.24, 2.45) is 0 Å². The van der Waals surface area contributed by atoms with Crippen LogP contribution in [0, 0.1) is 0 Å². The molecule has 0 heterocycles. The van der Waals surface area contributed by atoms with Crippen LogP contribution in [0.2, 0.25) is 0 Å². The molecule has 0 saturated heterocycles. The van der Waals surface area contributed by atoms with Gasteiger partial charge in [-0.2, -0.15) is 0 Å². The van der Waals surface area contributed by atoms with Crippen LogP contribution in [-0.2, 0) is 4.79 Å². The summed E-state index contributed by atoms with van der Waals surface area (Å²) in [4.78, 5) is 12.5. The van der Waals surface area contributed by atoms with E-state index in [4.69, 9.17) is 0 Å². The third-order valence-electron chi connectivity index (χ3n) is 14.1. The van der Waals surface area contributed by atoms with E-state index in [0.29, 0.717) is 6.42 Å². The molecule has 0 aromatic carbocycles. The Morgan fingerprint density at radius 1 is 0.347 bits per heavy atom. The topological polar surface area (TPSA) is 69.6 Å². The first-order valence-corrected chi connectivity index (χ1v) is 31.5. The van der Waals surface area contributed by atoms with Crippen LogP contribution in [-0.4, -0.2) is 34.9 Å². The summed E-state index contributed by atoms with van der Waals surface area (Å²) in [6, 6.07) is -0.646. The first-order chi connectivity index (χ1) is 35.7. The van der Waals surface area contributed by atoms with E-state index in [1.807, 2.05) is 6.08 Å². The predicted octanol–water partition coefficient (Wildman–Crippen LogP) is 21.3. The summed E-state index contributed by atoms with van der Waals surface area (Å²) in [5.74, 6) is -0.0745. The molecule has 0 aliphatic heterocycles. The number of aliphatic hydroxyl groups is 2. The van der Waals surface area contributed by atoms with Gasteiger partial charge < -0.3 is 15.5 Å². The van der Waals surface area contributed by atoms with Gasteiger partial charge in [0.05, 0.1) is 18.8 Å². The molecule has 1 amide bonds. The Labute approximate surface area is 449 Å². The molecule has 2 unspecified atom stereocenters. The van der Waals surface area contributed by atoms with Crippen LogP contribution >= 0.6 is 0 Å². The zero-order valence-electron chi connectivity index (χ0n) is 47.9. The van der Waals surface area contributed by atoms with E-state index in [-0.39, 0.29) is 12.5 Å². The molecule has 4 nitrogen and oxygen atoms in total. The molecule has 0 spiro atoms. The fraction of sp³-hybridized carbons (Fsp3) is 0.750. The number of carbonyl (C=O) groups is 1. The zero-order chi connectivity index (χ0) is 52.0. The van der Waals surface area contributed by atoms with Gasteiger partial charge in [0.1, 0.15) is 0 Å². The fourth-order valence-electron chi connectivity index (χ4n) is 9.32. The Hall–Kier alpha value is -2.69. The summed E-state index contributed by atoms with van der Waals surface area (Å²) in [6.45, 7) is 4.21. The minimum atomic E-state index is -0.869. The largest absolute Gasteiger partial charge is 0.394 e. The van der Waals surface area contributed by atoms with Gasteiger partial charge in [0.25, 0.3) is 0 Å². The standard InChI is InChI=1S/C68H121NO3/c1-3-5-7-9-11-13-15-17-19-21-23-25-27-29-31-32-33-34-35-36-38-40-42-44-46-48-50-52-54-56-58-60-62-64-68(72)69-66(65-70)67(71)63-61-59-57-55-53-51-49-47-45-43-41-39-37-30-28-26-24-22-20-18-16-14-12-10-8-6-4-2/h5,7,11,13,17,19,23,25,29,31,33-34,53,55,61,63,66-67,70-71H,3-4,6,8-10,12,14-16,18,20-22,24,26-28,30,32,35-52,54,56-60,62,64-65H2,1-2H3,(H,69,72)/b7-5-,13-11-,19-17-,25-23-,31-29-,34-33-,55-53+,63-61+. The Bertz CT molecular complexity index is 1320. The average molecular weight is 1000 g/mol. The predicted molar refractivity (Wildman–Crippen MR) is 322 cm³/mol. The minimum Gasteiger partial charge on any atom is -0.394 e. The molecule has 0 aliphatic rings. The van der Waals surface area contributed by atoms with E-state index in [0.717, 1.165) is 70.6 Å². The Morgan fingerprint density at radius 3 is 0.972 bits per heavy atom. The van der Waals surface area contributed by atoms with Crippen molar-refractivity contribution in [3.8, 4) is 0 Å². The number of hydrogen-bond donors (Lipinski definition) is 3. The van der Waals surface area contributed by atoms with Gasteiger partial charge in [0.2, 0.25) is 5.91 Å². The molecule has 0 rings (SSSR count). The molecule has 0 saturated carbocycles. The van der Waals surface area contributed by atoms with Crippen molar-refractivity contribution in [2.75, 3.05) is 6.61 Å². The lowest BCUT2D eigenvalue weighted by Gasteiger charge is -2.19. The van der Waals surface area contributed by atoms with E-state index < -0.39 is 12.1 Å². The Balaban J connectivity index is 3.54. The highest BCUT2D eigenvalue weighted by atomic mass is 16.3. The van der Waals surface area contributed by atoms with Crippen LogP contribution in [0.3, 0.4) is 0 Å². The van der Waals surface area contributed by atoms with Crippen molar-refractivity contribution in [1.29, 1.82) is 0 Å². The molecule has 2 atom stereocenters. The van der Waals surface area contributed by atoms with Crippen LogP contribution in [0.15, 0.2) is 97.2 Å². The third kappa shape index (κ3) is 58.2. The first kappa shape index (κ1) is 69.3. The van der Waals surface area contributed by atoms with Crippen LogP contribution in [0.1, 0.15) is 309 Å². The normalized spacial score (nSPS) is 13.4. The Kier molecular flexibility index (Phi) is 60.3. The van der Waals surface area contributed by atoms with Crippen LogP contribution in [0.25, 0.3) is 0 Å². The zero-order valence-corrected chi connectivity index (χ0v) is 47.9. The van der Waals surface area contributed by atoms with E-state index in [1.165, 1.54) is 218 Å². The van der Waals surface area contributed by atoms with Crippen molar-refractivity contribution in [3.63, 3.8) is 0 Å². The number of unbranched alkanes of at least 4 members (excludes halogenated alkanes) is 36. The van der Waals surface area contributed by atoms with Crippen molar-refractivity contribution in [3.05, 3.63) is 97.2 Å². The van der Waals surface area contributed by atoms with Crippen molar-refractivity contribution < 1.29 is 15.0 Å². The SMILES string of the molecule is CC/C=C\C/C=C\C/C=C\C/C=C\C/C=C\C/C=C\CCCCCCCCCCCCCCCCC(=O)NC(CO)C(O)/C=C/CC/C=C/CCCCCCCCCCCCCCCCCCCCCCC. The number of allylic oxidation sites excluding steroid dienone is 15. The molecule has 4 heteroatoms. The van der Waals surface area contributed by atoms with E-state index in [2.05, 4.69) is 104 Å². The van der Waals surface area contributed by atoms with Crippen molar-refractivity contribution in [1.82, 2.24) is 5.32 Å². The van der Waals surface area contributed by atoms with Crippen LogP contribution in [0.4, 0.5) is 0 Å². The van der Waals surface area contributed by atoms with Crippen molar-refractivity contribution >= 4 is 5.91 Å².